The second-order valence-corrected chi connectivity index (χ2v) is 6.23. The van der Waals surface area contributed by atoms with E-state index >= 15 is 0 Å². The van der Waals surface area contributed by atoms with Gasteiger partial charge >= 0.3 is 0 Å². The molecule has 114 valence electrons. The van der Waals surface area contributed by atoms with E-state index in [1.165, 1.54) is 27.8 Å². The number of aliphatic hydroxyl groups is 1. The average Bonchev–Trinajstić information content (AvgIpc) is 2.94. The van der Waals surface area contributed by atoms with E-state index < -0.39 is 0 Å². The fourth-order valence-corrected chi connectivity index (χ4v) is 3.80. The smallest absolute Gasteiger partial charge is 0.0628 e. The van der Waals surface area contributed by atoms with Gasteiger partial charge in [-0.25, -0.2) is 0 Å². The lowest BCUT2D eigenvalue weighted by molar-refractivity contribution is 0.111. The summed E-state index contributed by atoms with van der Waals surface area (Å²) in [6, 6.07) is 15.5. The Morgan fingerprint density at radius 3 is 2.59 bits per heavy atom. The van der Waals surface area contributed by atoms with Crippen LogP contribution in [-0.2, 0) is 6.42 Å². The Kier molecular flexibility index (Phi) is 3.70. The minimum Gasteiger partial charge on any atom is -0.394 e. The van der Waals surface area contributed by atoms with Gasteiger partial charge < -0.3 is 10.4 Å². The maximum atomic E-state index is 9.89. The number of nitrogens with one attached hydrogen (secondary N) is 1. The molecule has 0 amide bonds. The molecule has 0 saturated carbocycles. The fraction of sp³-hybridized carbons (Fsp3) is 0.368. The molecule has 1 heterocycles. The maximum absolute atomic E-state index is 9.89. The summed E-state index contributed by atoms with van der Waals surface area (Å²) in [5, 5.41) is 13.3. The van der Waals surface area contributed by atoms with E-state index in [1.54, 1.807) is 0 Å². The summed E-state index contributed by atoms with van der Waals surface area (Å²) in [6.07, 6.45) is 1.01. The number of benzene rings is 2. The van der Waals surface area contributed by atoms with Gasteiger partial charge in [0, 0.05) is 26.2 Å². The van der Waals surface area contributed by atoms with Crippen LogP contribution in [0.1, 0.15) is 22.7 Å². The van der Waals surface area contributed by atoms with Gasteiger partial charge in [-0.2, -0.15) is 0 Å². The number of hydrogen-bond acceptors (Lipinski definition) is 3. The van der Waals surface area contributed by atoms with Crippen LogP contribution in [0, 0.1) is 0 Å². The van der Waals surface area contributed by atoms with Crippen molar-refractivity contribution in [2.24, 2.45) is 0 Å². The molecule has 1 atom stereocenters. The molecule has 0 radical (unpaired) electrons. The second kappa shape index (κ2) is 5.84. The highest BCUT2D eigenvalue weighted by molar-refractivity contribution is 5.77. The minimum atomic E-state index is 0.121. The summed E-state index contributed by atoms with van der Waals surface area (Å²) in [5.74, 6) is 0. The van der Waals surface area contributed by atoms with Crippen LogP contribution in [0.5, 0.6) is 0 Å². The van der Waals surface area contributed by atoms with E-state index in [-0.39, 0.29) is 12.6 Å². The number of aliphatic hydroxyl groups excluding tert-OH is 1. The summed E-state index contributed by atoms with van der Waals surface area (Å²) >= 11 is 0. The van der Waals surface area contributed by atoms with Crippen molar-refractivity contribution in [1.82, 2.24) is 10.2 Å². The van der Waals surface area contributed by atoms with Gasteiger partial charge in [-0.05, 0) is 34.2 Å². The SMILES string of the molecule is OC[C@@H](c1ccc2c(c1)Cc1ccccc1-2)N1CCNCC1. The number of hydrogen-bond donors (Lipinski definition) is 2. The molecule has 0 aromatic heterocycles. The third kappa shape index (κ3) is 2.35. The molecule has 0 bridgehead atoms. The Hall–Kier alpha value is -1.68. The van der Waals surface area contributed by atoms with Gasteiger partial charge in [-0.15, -0.1) is 0 Å². The van der Waals surface area contributed by atoms with Gasteiger partial charge in [0.25, 0.3) is 0 Å². The van der Waals surface area contributed by atoms with E-state index in [9.17, 15) is 5.11 Å². The minimum absolute atomic E-state index is 0.121. The molecule has 1 aliphatic carbocycles. The Morgan fingerprint density at radius 1 is 1.00 bits per heavy atom. The van der Waals surface area contributed by atoms with Gasteiger partial charge in [0.1, 0.15) is 0 Å². The van der Waals surface area contributed by atoms with Crippen molar-refractivity contribution in [3.63, 3.8) is 0 Å². The van der Waals surface area contributed by atoms with Crippen LogP contribution in [0.25, 0.3) is 11.1 Å². The van der Waals surface area contributed by atoms with Gasteiger partial charge in [-0.1, -0.05) is 42.5 Å². The van der Waals surface area contributed by atoms with Crippen molar-refractivity contribution in [2.75, 3.05) is 32.8 Å². The highest BCUT2D eigenvalue weighted by Gasteiger charge is 2.24. The Morgan fingerprint density at radius 2 is 1.77 bits per heavy atom. The molecule has 3 nitrogen and oxygen atoms in total. The third-order valence-electron chi connectivity index (χ3n) is 4.97. The van der Waals surface area contributed by atoms with Crippen LogP contribution in [0.2, 0.25) is 0 Å². The lowest BCUT2D eigenvalue weighted by Gasteiger charge is -2.34. The average molecular weight is 294 g/mol. The first-order valence-corrected chi connectivity index (χ1v) is 8.13. The lowest BCUT2D eigenvalue weighted by Crippen LogP contribution is -2.46. The van der Waals surface area contributed by atoms with E-state index in [2.05, 4.69) is 52.7 Å². The predicted molar refractivity (Wildman–Crippen MR) is 89.0 cm³/mol. The van der Waals surface area contributed by atoms with E-state index in [0.29, 0.717) is 0 Å². The first-order chi connectivity index (χ1) is 10.9. The highest BCUT2D eigenvalue weighted by Crippen LogP contribution is 2.38. The van der Waals surface area contributed by atoms with Gasteiger partial charge in [0.05, 0.1) is 12.6 Å². The molecule has 1 fully saturated rings. The van der Waals surface area contributed by atoms with E-state index in [4.69, 9.17) is 0 Å². The molecule has 3 heteroatoms. The largest absolute Gasteiger partial charge is 0.394 e. The first-order valence-electron chi connectivity index (χ1n) is 8.13. The normalized spacial score (nSPS) is 18.8. The van der Waals surface area contributed by atoms with Crippen LogP contribution < -0.4 is 5.32 Å². The Balaban J connectivity index is 1.65. The van der Waals surface area contributed by atoms with Crippen LogP contribution in [0.4, 0.5) is 0 Å². The quantitative estimate of drug-likeness (QED) is 0.777. The number of piperazine rings is 1. The summed E-state index contributed by atoms with van der Waals surface area (Å²) in [6.45, 7) is 4.20. The van der Waals surface area contributed by atoms with Gasteiger partial charge in [0.2, 0.25) is 0 Å². The standard InChI is InChI=1S/C19H22N2O/c22-13-19(21-9-7-20-8-10-21)15-5-6-18-16(12-15)11-14-3-1-2-4-17(14)18/h1-6,12,19-20,22H,7-11,13H2/t19-/m0/s1. The second-order valence-electron chi connectivity index (χ2n) is 6.23. The molecular formula is C19H22N2O. The zero-order valence-electron chi connectivity index (χ0n) is 12.8. The molecule has 1 saturated heterocycles. The van der Waals surface area contributed by atoms with Crippen molar-refractivity contribution >= 4 is 0 Å². The molecule has 0 unspecified atom stereocenters. The van der Waals surface area contributed by atoms with Crippen LogP contribution >= 0.6 is 0 Å². The summed E-state index contributed by atoms with van der Waals surface area (Å²) in [7, 11) is 0. The van der Waals surface area contributed by atoms with Gasteiger partial charge in [0.15, 0.2) is 0 Å². The molecule has 22 heavy (non-hydrogen) atoms. The maximum Gasteiger partial charge on any atom is 0.0628 e. The molecular weight excluding hydrogens is 272 g/mol. The Bertz CT molecular complexity index is 677. The molecule has 4 rings (SSSR count). The summed E-state index contributed by atoms with van der Waals surface area (Å²) < 4.78 is 0. The van der Waals surface area contributed by atoms with Crippen LogP contribution in [0.15, 0.2) is 42.5 Å². The van der Waals surface area contributed by atoms with Crippen LogP contribution in [0.3, 0.4) is 0 Å². The molecule has 0 spiro atoms. The Labute approximate surface area is 131 Å². The van der Waals surface area contributed by atoms with E-state index in [1.807, 2.05) is 0 Å². The van der Waals surface area contributed by atoms with Crippen molar-refractivity contribution < 1.29 is 5.11 Å². The lowest BCUT2D eigenvalue weighted by atomic mass is 9.98. The fourth-order valence-electron chi connectivity index (χ4n) is 3.80. The summed E-state index contributed by atoms with van der Waals surface area (Å²) in [5.41, 5.74) is 6.78. The molecule has 1 aliphatic heterocycles. The first kappa shape index (κ1) is 13.9. The van der Waals surface area contributed by atoms with Crippen LogP contribution in [-0.4, -0.2) is 42.8 Å². The summed E-state index contributed by atoms with van der Waals surface area (Å²) in [4.78, 5) is 2.39. The third-order valence-corrected chi connectivity index (χ3v) is 4.97. The van der Waals surface area contributed by atoms with E-state index in [0.717, 1.165) is 32.6 Å². The number of fused-ring (bicyclic) bond motifs is 3. The predicted octanol–water partition coefficient (Wildman–Crippen LogP) is 2.20. The number of nitrogens with zero attached hydrogens (tertiary/aromatic N) is 1. The van der Waals surface area contributed by atoms with Crippen molar-refractivity contribution in [3.8, 4) is 11.1 Å². The zero-order chi connectivity index (χ0) is 14.9. The molecule has 2 aromatic carbocycles. The number of rotatable bonds is 3. The van der Waals surface area contributed by atoms with Gasteiger partial charge in [-0.3, -0.25) is 4.90 Å². The topological polar surface area (TPSA) is 35.5 Å². The molecule has 2 aliphatic rings. The highest BCUT2D eigenvalue weighted by atomic mass is 16.3. The zero-order valence-corrected chi connectivity index (χ0v) is 12.8. The molecule has 2 N–H and O–H groups in total. The van der Waals surface area contributed by atoms with Crippen molar-refractivity contribution in [1.29, 1.82) is 0 Å². The monoisotopic (exact) mass is 294 g/mol. The van der Waals surface area contributed by atoms with Crippen molar-refractivity contribution in [3.05, 3.63) is 59.2 Å². The molecule has 2 aromatic rings. The van der Waals surface area contributed by atoms with Crippen molar-refractivity contribution in [2.45, 2.75) is 12.5 Å².